The van der Waals surface area contributed by atoms with E-state index in [0.717, 1.165) is 28.6 Å². The molecule has 160 valence electrons. The number of carbonyl (C=O) groups is 1. The van der Waals surface area contributed by atoms with E-state index < -0.39 is 0 Å². The summed E-state index contributed by atoms with van der Waals surface area (Å²) in [6.07, 6.45) is 5.00. The van der Waals surface area contributed by atoms with E-state index in [9.17, 15) is 4.79 Å². The third-order valence-electron chi connectivity index (χ3n) is 4.81. The fourth-order valence-corrected chi connectivity index (χ4v) is 3.17. The molecule has 0 unspecified atom stereocenters. The van der Waals surface area contributed by atoms with Crippen LogP contribution in [0.5, 0.6) is 0 Å². The number of amides is 1. The Morgan fingerprint density at radius 1 is 0.969 bits per heavy atom. The van der Waals surface area contributed by atoms with Gasteiger partial charge in [0.15, 0.2) is 0 Å². The van der Waals surface area contributed by atoms with Gasteiger partial charge in [0, 0.05) is 16.3 Å². The number of anilines is 1. The van der Waals surface area contributed by atoms with Crippen LogP contribution < -0.4 is 5.32 Å². The van der Waals surface area contributed by atoms with Crippen LogP contribution >= 0.6 is 11.6 Å². The van der Waals surface area contributed by atoms with Gasteiger partial charge < -0.3 is 5.32 Å². The highest BCUT2D eigenvalue weighted by Crippen LogP contribution is 2.17. The number of halogens is 1. The van der Waals surface area contributed by atoms with Gasteiger partial charge in [-0.3, -0.25) is 10.2 Å². The predicted octanol–water partition coefficient (Wildman–Crippen LogP) is 6.50. The van der Waals surface area contributed by atoms with Crippen molar-refractivity contribution in [1.82, 2.24) is 0 Å². The molecule has 0 fully saturated rings. The lowest BCUT2D eigenvalue weighted by molar-refractivity contribution is -0.115. The van der Waals surface area contributed by atoms with Gasteiger partial charge in [-0.05, 0) is 54.0 Å². The summed E-state index contributed by atoms with van der Waals surface area (Å²) in [6.45, 7) is 6.16. The highest BCUT2D eigenvalue weighted by molar-refractivity contribution is 6.30. The molecule has 0 spiro atoms. The SMILES string of the molecule is C=C(/C=C/C(=NC=N)c1ccc(NC(=O)Cc2ccc(Cl)cc2)cc1)c1ccc(C)cc1. The Morgan fingerprint density at radius 2 is 1.59 bits per heavy atom. The van der Waals surface area contributed by atoms with Crippen molar-refractivity contribution in [3.05, 3.63) is 119 Å². The van der Waals surface area contributed by atoms with Gasteiger partial charge in [0.1, 0.15) is 6.34 Å². The number of carbonyl (C=O) groups excluding carboxylic acids is 1. The number of rotatable bonds is 8. The second-order valence-electron chi connectivity index (χ2n) is 7.30. The molecule has 0 aliphatic rings. The molecule has 5 heteroatoms. The number of hydrogen-bond acceptors (Lipinski definition) is 2. The number of aliphatic imine (C=N–C) groups is 1. The first kappa shape index (κ1) is 22.9. The molecular weight excluding hydrogens is 418 g/mol. The molecule has 2 N–H and O–H groups in total. The van der Waals surface area contributed by atoms with E-state index in [0.29, 0.717) is 16.4 Å². The van der Waals surface area contributed by atoms with Crippen molar-refractivity contribution in [2.75, 3.05) is 5.32 Å². The van der Waals surface area contributed by atoms with E-state index in [1.807, 2.05) is 79.7 Å². The van der Waals surface area contributed by atoms with E-state index >= 15 is 0 Å². The Kier molecular flexibility index (Phi) is 7.90. The van der Waals surface area contributed by atoms with Gasteiger partial charge in [-0.2, -0.15) is 0 Å². The maximum Gasteiger partial charge on any atom is 0.228 e. The van der Waals surface area contributed by atoms with Crippen LogP contribution in [-0.2, 0) is 11.2 Å². The van der Waals surface area contributed by atoms with Crippen LogP contribution in [0.25, 0.3) is 5.57 Å². The Balaban J connectivity index is 1.66. The molecule has 0 bridgehead atoms. The largest absolute Gasteiger partial charge is 0.326 e. The van der Waals surface area contributed by atoms with Crippen LogP contribution in [0.3, 0.4) is 0 Å². The van der Waals surface area contributed by atoms with E-state index in [2.05, 4.69) is 16.9 Å². The molecule has 3 rings (SSSR count). The standard InChI is InChI=1S/C27H24ClN3O/c1-19-3-8-22(9-4-19)20(2)5-16-26(30-18-29)23-10-14-25(15-11-23)31-27(32)17-21-6-12-24(28)13-7-21/h3-16,18,29H,2,17H2,1H3,(H,31,32)/b16-5+,29-18?,30-26?. The molecular formula is C27H24ClN3O. The molecule has 32 heavy (non-hydrogen) atoms. The van der Waals surface area contributed by atoms with E-state index in [1.165, 1.54) is 5.56 Å². The smallest absolute Gasteiger partial charge is 0.228 e. The molecule has 0 aliphatic heterocycles. The lowest BCUT2D eigenvalue weighted by Crippen LogP contribution is -2.14. The van der Waals surface area contributed by atoms with Crippen molar-refractivity contribution in [3.63, 3.8) is 0 Å². The van der Waals surface area contributed by atoms with Gasteiger partial charge in [0.25, 0.3) is 0 Å². The molecule has 0 aromatic heterocycles. The van der Waals surface area contributed by atoms with Gasteiger partial charge in [-0.15, -0.1) is 0 Å². The highest BCUT2D eigenvalue weighted by atomic mass is 35.5. The van der Waals surface area contributed by atoms with Crippen molar-refractivity contribution < 1.29 is 4.79 Å². The van der Waals surface area contributed by atoms with Crippen LogP contribution in [0, 0.1) is 12.3 Å². The number of benzene rings is 3. The fraction of sp³-hybridized carbons (Fsp3) is 0.0741. The van der Waals surface area contributed by atoms with Crippen molar-refractivity contribution in [2.45, 2.75) is 13.3 Å². The van der Waals surface area contributed by atoms with Crippen molar-refractivity contribution in [2.24, 2.45) is 4.99 Å². The highest BCUT2D eigenvalue weighted by Gasteiger charge is 2.06. The average Bonchev–Trinajstić information content (AvgIpc) is 2.79. The zero-order valence-corrected chi connectivity index (χ0v) is 18.6. The first-order valence-corrected chi connectivity index (χ1v) is 10.5. The number of allylic oxidation sites excluding steroid dienone is 3. The molecule has 3 aromatic carbocycles. The minimum Gasteiger partial charge on any atom is -0.326 e. The normalized spacial score (nSPS) is 11.4. The Hall–Kier alpha value is -3.76. The third kappa shape index (κ3) is 6.62. The van der Waals surface area contributed by atoms with E-state index in [4.69, 9.17) is 17.0 Å². The molecule has 0 heterocycles. The van der Waals surface area contributed by atoms with Crippen molar-refractivity contribution in [3.8, 4) is 0 Å². The summed E-state index contributed by atoms with van der Waals surface area (Å²) in [5.41, 5.74) is 6.12. The summed E-state index contributed by atoms with van der Waals surface area (Å²) in [7, 11) is 0. The minimum atomic E-state index is -0.109. The van der Waals surface area contributed by atoms with Crippen molar-refractivity contribution >= 4 is 40.8 Å². The molecule has 0 saturated carbocycles. The summed E-state index contributed by atoms with van der Waals surface area (Å²) in [6, 6.07) is 22.7. The maximum absolute atomic E-state index is 12.3. The number of nitrogens with zero attached hydrogens (tertiary/aromatic N) is 1. The van der Waals surface area contributed by atoms with Gasteiger partial charge in [0.05, 0.1) is 12.1 Å². The summed E-state index contributed by atoms with van der Waals surface area (Å²) in [5.74, 6) is -0.109. The molecule has 0 atom stereocenters. The van der Waals surface area contributed by atoms with E-state index in [1.54, 1.807) is 12.1 Å². The zero-order chi connectivity index (χ0) is 22.9. The lowest BCUT2D eigenvalue weighted by Gasteiger charge is -2.07. The topological polar surface area (TPSA) is 65.3 Å². The van der Waals surface area contributed by atoms with Gasteiger partial charge >= 0.3 is 0 Å². The summed E-state index contributed by atoms with van der Waals surface area (Å²) in [5, 5.41) is 10.9. The molecule has 0 saturated heterocycles. The average molecular weight is 442 g/mol. The van der Waals surface area contributed by atoms with Crippen LogP contribution in [0.4, 0.5) is 5.69 Å². The second-order valence-corrected chi connectivity index (χ2v) is 7.73. The first-order valence-electron chi connectivity index (χ1n) is 10.1. The number of aryl methyl sites for hydroxylation is 1. The van der Waals surface area contributed by atoms with Crippen LogP contribution in [0.1, 0.15) is 22.3 Å². The second kappa shape index (κ2) is 11.0. The summed E-state index contributed by atoms with van der Waals surface area (Å²) < 4.78 is 0. The Labute approximate surface area is 193 Å². The van der Waals surface area contributed by atoms with Crippen LogP contribution in [0.15, 0.2) is 96.5 Å². The molecule has 0 radical (unpaired) electrons. The third-order valence-corrected chi connectivity index (χ3v) is 5.06. The quantitative estimate of drug-likeness (QED) is 0.234. The zero-order valence-electron chi connectivity index (χ0n) is 17.8. The number of nitrogens with one attached hydrogen (secondary N) is 2. The molecule has 3 aromatic rings. The van der Waals surface area contributed by atoms with Gasteiger partial charge in [0.2, 0.25) is 5.91 Å². The Bertz CT molecular complexity index is 1160. The molecule has 4 nitrogen and oxygen atoms in total. The molecule has 1 amide bonds. The first-order chi connectivity index (χ1) is 15.4. The van der Waals surface area contributed by atoms with E-state index in [-0.39, 0.29) is 12.3 Å². The summed E-state index contributed by atoms with van der Waals surface area (Å²) in [4.78, 5) is 16.5. The number of hydrogen-bond donors (Lipinski definition) is 2. The predicted molar refractivity (Wildman–Crippen MR) is 135 cm³/mol. The fourth-order valence-electron chi connectivity index (χ4n) is 3.04. The van der Waals surface area contributed by atoms with Crippen molar-refractivity contribution in [1.29, 1.82) is 5.41 Å². The minimum absolute atomic E-state index is 0.109. The summed E-state index contributed by atoms with van der Waals surface area (Å²) >= 11 is 5.88. The van der Waals surface area contributed by atoms with Crippen LogP contribution in [0.2, 0.25) is 5.02 Å². The maximum atomic E-state index is 12.3. The van der Waals surface area contributed by atoms with Crippen LogP contribution in [-0.4, -0.2) is 18.0 Å². The van der Waals surface area contributed by atoms with Gasteiger partial charge in [-0.1, -0.05) is 78.4 Å². The molecule has 0 aliphatic carbocycles. The Morgan fingerprint density at radius 3 is 2.22 bits per heavy atom. The van der Waals surface area contributed by atoms with Gasteiger partial charge in [-0.25, -0.2) is 4.99 Å². The lowest BCUT2D eigenvalue weighted by atomic mass is 10.0. The monoisotopic (exact) mass is 441 g/mol.